The van der Waals surface area contributed by atoms with E-state index in [0.29, 0.717) is 18.2 Å². The number of hydrogen-bond acceptors (Lipinski definition) is 3. The third-order valence-corrected chi connectivity index (χ3v) is 5.80. The molecule has 0 aliphatic rings. The van der Waals surface area contributed by atoms with Gasteiger partial charge >= 0.3 is 0 Å². The molecule has 0 saturated heterocycles. The quantitative estimate of drug-likeness (QED) is 0.613. The van der Waals surface area contributed by atoms with Crippen LogP contribution in [0.25, 0.3) is 0 Å². The van der Waals surface area contributed by atoms with Crippen molar-refractivity contribution in [1.82, 2.24) is 4.72 Å². The van der Waals surface area contributed by atoms with Gasteiger partial charge in [-0.1, -0.05) is 33.1 Å². The molecule has 1 aromatic carbocycles. The van der Waals surface area contributed by atoms with Gasteiger partial charge in [0.05, 0.1) is 15.6 Å². The summed E-state index contributed by atoms with van der Waals surface area (Å²) in [7, 11) is -1.88. The van der Waals surface area contributed by atoms with Crippen molar-refractivity contribution in [2.24, 2.45) is 5.92 Å². The highest BCUT2D eigenvalue weighted by Crippen LogP contribution is 2.24. The molecule has 1 unspecified atom stereocenters. The summed E-state index contributed by atoms with van der Waals surface area (Å²) in [5.41, 5.74) is 0. The van der Waals surface area contributed by atoms with E-state index >= 15 is 0 Å². The Balaban J connectivity index is 2.74. The number of methoxy groups -OCH3 is 1. The lowest BCUT2D eigenvalue weighted by atomic mass is 10.00. The molecule has 0 bridgehead atoms. The summed E-state index contributed by atoms with van der Waals surface area (Å²) in [6, 6.07) is 4.90. The second-order valence-electron chi connectivity index (χ2n) is 5.06. The van der Waals surface area contributed by atoms with Crippen molar-refractivity contribution in [3.8, 4) is 5.75 Å². The summed E-state index contributed by atoms with van der Waals surface area (Å²) in [4.78, 5) is 0.290. The van der Waals surface area contributed by atoms with Gasteiger partial charge in [0.25, 0.3) is 0 Å². The zero-order valence-corrected chi connectivity index (χ0v) is 15.8. The van der Waals surface area contributed by atoms with Crippen LogP contribution in [0.3, 0.4) is 0 Å². The molecular weight excluding hydrogens is 401 g/mol. The van der Waals surface area contributed by atoms with Crippen molar-refractivity contribution < 1.29 is 13.2 Å². The van der Waals surface area contributed by atoms with Crippen molar-refractivity contribution in [2.75, 3.05) is 13.7 Å². The predicted molar refractivity (Wildman–Crippen MR) is 94.2 cm³/mol. The maximum atomic E-state index is 12.3. The minimum atomic E-state index is -3.45. The normalized spacial score (nSPS) is 13.1. The molecule has 6 heteroatoms. The van der Waals surface area contributed by atoms with E-state index in [1.165, 1.54) is 0 Å². The lowest BCUT2D eigenvalue weighted by Crippen LogP contribution is -2.29. The number of nitrogens with one attached hydrogen (secondary N) is 1. The number of rotatable bonds is 9. The van der Waals surface area contributed by atoms with E-state index < -0.39 is 10.0 Å². The van der Waals surface area contributed by atoms with E-state index in [9.17, 15) is 8.42 Å². The summed E-state index contributed by atoms with van der Waals surface area (Å²) in [6.07, 6.45) is 4.33. The largest absolute Gasteiger partial charge is 0.496 e. The highest BCUT2D eigenvalue weighted by atomic mass is 127. The SMILES string of the molecule is CCCCC(CC)CNS(=O)(=O)c1ccc(OC)c(I)c1. The number of benzene rings is 1. The Kier molecular flexibility index (Phi) is 7.97. The summed E-state index contributed by atoms with van der Waals surface area (Å²) >= 11 is 2.08. The van der Waals surface area contributed by atoms with Gasteiger partial charge < -0.3 is 4.74 Å². The van der Waals surface area contributed by atoms with Crippen molar-refractivity contribution in [3.05, 3.63) is 21.8 Å². The van der Waals surface area contributed by atoms with Crippen LogP contribution in [-0.4, -0.2) is 22.1 Å². The van der Waals surface area contributed by atoms with Gasteiger partial charge in [-0.05, 0) is 53.1 Å². The Hall–Kier alpha value is -0.340. The van der Waals surface area contributed by atoms with Crippen molar-refractivity contribution in [2.45, 2.75) is 44.4 Å². The first kappa shape index (κ1) is 18.7. The first-order chi connectivity index (χ1) is 9.94. The molecule has 0 aromatic heterocycles. The predicted octanol–water partition coefficient (Wildman–Crippen LogP) is 3.79. The molecule has 0 aliphatic heterocycles. The number of halogens is 1. The molecule has 0 heterocycles. The molecule has 1 atom stereocenters. The minimum absolute atomic E-state index is 0.290. The van der Waals surface area contributed by atoms with Crippen LogP contribution in [0, 0.1) is 9.49 Å². The molecule has 0 aliphatic carbocycles. The standard InChI is InChI=1S/C15H24INO3S/c1-4-6-7-12(5-2)11-17-21(18,19)13-8-9-15(20-3)14(16)10-13/h8-10,12,17H,4-7,11H2,1-3H3. The summed E-state index contributed by atoms with van der Waals surface area (Å²) in [5, 5.41) is 0. The van der Waals surface area contributed by atoms with Gasteiger partial charge in [0.2, 0.25) is 10.0 Å². The lowest BCUT2D eigenvalue weighted by Gasteiger charge is -2.15. The van der Waals surface area contributed by atoms with Gasteiger partial charge in [-0.2, -0.15) is 0 Å². The molecule has 0 radical (unpaired) electrons. The van der Waals surface area contributed by atoms with Crippen molar-refractivity contribution in [1.29, 1.82) is 0 Å². The number of hydrogen-bond donors (Lipinski definition) is 1. The second-order valence-corrected chi connectivity index (χ2v) is 7.99. The molecule has 1 rings (SSSR count). The molecule has 1 aromatic rings. The molecule has 120 valence electrons. The van der Waals surface area contributed by atoms with Gasteiger partial charge in [0.1, 0.15) is 5.75 Å². The fourth-order valence-corrected chi connectivity index (χ4v) is 4.16. The molecule has 0 spiro atoms. The van der Waals surface area contributed by atoms with Crippen LogP contribution in [0.15, 0.2) is 23.1 Å². The average molecular weight is 425 g/mol. The van der Waals surface area contributed by atoms with Crippen LogP contribution in [0.5, 0.6) is 5.75 Å². The Morgan fingerprint density at radius 1 is 1.33 bits per heavy atom. The Morgan fingerprint density at radius 2 is 2.05 bits per heavy atom. The first-order valence-electron chi connectivity index (χ1n) is 7.27. The Morgan fingerprint density at radius 3 is 2.57 bits per heavy atom. The Labute approximate surface area is 141 Å². The van der Waals surface area contributed by atoms with Crippen molar-refractivity contribution >= 4 is 32.6 Å². The fraction of sp³-hybridized carbons (Fsp3) is 0.600. The minimum Gasteiger partial charge on any atom is -0.496 e. The van der Waals surface area contributed by atoms with E-state index in [1.54, 1.807) is 25.3 Å². The second kappa shape index (κ2) is 8.95. The third-order valence-electron chi connectivity index (χ3n) is 3.54. The zero-order chi connectivity index (χ0) is 15.9. The van der Waals surface area contributed by atoms with Gasteiger partial charge in [-0.25, -0.2) is 13.1 Å². The van der Waals surface area contributed by atoms with Gasteiger partial charge in [-0.15, -0.1) is 0 Å². The molecule has 4 nitrogen and oxygen atoms in total. The average Bonchev–Trinajstić information content (AvgIpc) is 2.47. The van der Waals surface area contributed by atoms with Crippen LogP contribution in [0.1, 0.15) is 39.5 Å². The first-order valence-corrected chi connectivity index (χ1v) is 9.84. The van der Waals surface area contributed by atoms with Crippen LogP contribution >= 0.6 is 22.6 Å². The maximum absolute atomic E-state index is 12.3. The third kappa shape index (κ3) is 5.75. The number of sulfonamides is 1. The topological polar surface area (TPSA) is 55.4 Å². The van der Waals surface area contributed by atoms with Crippen LogP contribution in [-0.2, 0) is 10.0 Å². The monoisotopic (exact) mass is 425 g/mol. The van der Waals surface area contributed by atoms with E-state index in [-0.39, 0.29) is 4.90 Å². The number of ether oxygens (including phenoxy) is 1. The summed E-state index contributed by atoms with van der Waals surface area (Å²) < 4.78 is 33.3. The van der Waals surface area contributed by atoms with E-state index in [1.807, 2.05) is 0 Å². The molecule has 0 saturated carbocycles. The molecular formula is C15H24INO3S. The smallest absolute Gasteiger partial charge is 0.240 e. The number of unbranched alkanes of at least 4 members (excludes halogenated alkanes) is 1. The fourth-order valence-electron chi connectivity index (χ4n) is 2.07. The molecule has 21 heavy (non-hydrogen) atoms. The highest BCUT2D eigenvalue weighted by Gasteiger charge is 2.17. The van der Waals surface area contributed by atoms with Crippen LogP contribution in [0.4, 0.5) is 0 Å². The van der Waals surface area contributed by atoms with Crippen LogP contribution < -0.4 is 9.46 Å². The van der Waals surface area contributed by atoms with Gasteiger partial charge in [0.15, 0.2) is 0 Å². The Bertz CT molecular complexity index is 546. The van der Waals surface area contributed by atoms with E-state index in [4.69, 9.17) is 4.74 Å². The van der Waals surface area contributed by atoms with Crippen molar-refractivity contribution in [3.63, 3.8) is 0 Å². The van der Waals surface area contributed by atoms with E-state index in [0.717, 1.165) is 29.3 Å². The molecule has 1 N–H and O–H groups in total. The summed E-state index contributed by atoms with van der Waals surface area (Å²) in [6.45, 7) is 4.75. The lowest BCUT2D eigenvalue weighted by molar-refractivity contribution is 0.411. The molecule has 0 fully saturated rings. The zero-order valence-electron chi connectivity index (χ0n) is 12.9. The highest BCUT2D eigenvalue weighted by molar-refractivity contribution is 14.1. The van der Waals surface area contributed by atoms with Gasteiger partial charge in [0, 0.05) is 6.54 Å². The van der Waals surface area contributed by atoms with Gasteiger partial charge in [-0.3, -0.25) is 0 Å². The summed E-state index contributed by atoms with van der Waals surface area (Å²) in [5.74, 6) is 1.08. The molecule has 0 amide bonds. The van der Waals surface area contributed by atoms with Crippen LogP contribution in [0.2, 0.25) is 0 Å². The van der Waals surface area contributed by atoms with E-state index in [2.05, 4.69) is 41.2 Å². The maximum Gasteiger partial charge on any atom is 0.240 e.